The molecular weight excluding hydrogens is 212 g/mol. The van der Waals surface area contributed by atoms with E-state index in [1.54, 1.807) is 0 Å². The van der Waals surface area contributed by atoms with Gasteiger partial charge in [0.1, 0.15) is 0 Å². The minimum absolute atomic E-state index is 0.521. The maximum Gasteiger partial charge on any atom is 0.0642 e. The Bertz CT molecular complexity index is 337. The van der Waals surface area contributed by atoms with Crippen LogP contribution >= 0.6 is 11.6 Å². The molecule has 1 aromatic rings. The Labute approximate surface area is 94.8 Å². The highest BCUT2D eigenvalue weighted by atomic mass is 35.5. The Morgan fingerprint density at radius 1 is 1.33 bits per heavy atom. The average Bonchev–Trinajstić information content (AvgIpc) is 2.30. The van der Waals surface area contributed by atoms with Gasteiger partial charge in [-0.3, -0.25) is 0 Å². The highest BCUT2D eigenvalue weighted by Gasteiger charge is 2.14. The van der Waals surface area contributed by atoms with Crippen molar-refractivity contribution in [1.82, 2.24) is 0 Å². The first-order valence-electron chi connectivity index (χ1n) is 5.12. The van der Waals surface area contributed by atoms with Gasteiger partial charge in [0.2, 0.25) is 0 Å². The van der Waals surface area contributed by atoms with Crippen molar-refractivity contribution in [1.29, 1.82) is 0 Å². The molecule has 2 rings (SSSR count). The zero-order valence-electron chi connectivity index (χ0n) is 8.58. The third-order valence-corrected chi connectivity index (χ3v) is 2.85. The second-order valence-electron chi connectivity index (χ2n) is 3.58. The van der Waals surface area contributed by atoms with Crippen LogP contribution in [-0.4, -0.2) is 26.3 Å². The van der Waals surface area contributed by atoms with Crippen LogP contribution in [0, 0.1) is 0 Å². The maximum absolute atomic E-state index is 5.94. The summed E-state index contributed by atoms with van der Waals surface area (Å²) in [5.41, 5.74) is 8.00. The fourth-order valence-corrected chi connectivity index (χ4v) is 2.03. The number of anilines is 1. The van der Waals surface area contributed by atoms with Gasteiger partial charge < -0.3 is 15.4 Å². The topological polar surface area (TPSA) is 38.5 Å². The van der Waals surface area contributed by atoms with Crippen LogP contribution in [0.25, 0.3) is 0 Å². The lowest BCUT2D eigenvalue weighted by atomic mass is 10.1. The van der Waals surface area contributed by atoms with E-state index in [0.717, 1.165) is 36.9 Å². The van der Waals surface area contributed by atoms with Gasteiger partial charge in [-0.1, -0.05) is 11.6 Å². The van der Waals surface area contributed by atoms with E-state index in [0.29, 0.717) is 6.54 Å². The summed E-state index contributed by atoms with van der Waals surface area (Å²) >= 11 is 5.94. The van der Waals surface area contributed by atoms with E-state index >= 15 is 0 Å². The number of benzene rings is 1. The second-order valence-corrected chi connectivity index (χ2v) is 4.01. The lowest BCUT2D eigenvalue weighted by Crippen LogP contribution is -2.36. The summed E-state index contributed by atoms with van der Waals surface area (Å²) in [6.07, 6.45) is 0. The van der Waals surface area contributed by atoms with E-state index in [1.165, 1.54) is 5.69 Å². The minimum atomic E-state index is 0.521. The summed E-state index contributed by atoms with van der Waals surface area (Å²) < 4.78 is 5.32. The van der Waals surface area contributed by atoms with Crippen LogP contribution in [-0.2, 0) is 11.3 Å². The SMILES string of the molecule is NCc1cc(Cl)ccc1N1CCOCC1. The van der Waals surface area contributed by atoms with Gasteiger partial charge in [-0.05, 0) is 23.8 Å². The van der Waals surface area contributed by atoms with Crippen LogP contribution in [0.1, 0.15) is 5.56 Å². The summed E-state index contributed by atoms with van der Waals surface area (Å²) in [4.78, 5) is 2.29. The largest absolute Gasteiger partial charge is 0.378 e. The standard InChI is InChI=1S/C11H15ClN2O/c12-10-1-2-11(9(7-10)8-13)14-3-5-15-6-4-14/h1-2,7H,3-6,8,13H2. The number of hydrogen-bond donors (Lipinski definition) is 1. The molecule has 4 heteroatoms. The Kier molecular flexibility index (Phi) is 3.46. The molecule has 2 N–H and O–H groups in total. The molecule has 0 unspecified atom stereocenters. The van der Waals surface area contributed by atoms with Gasteiger partial charge >= 0.3 is 0 Å². The number of nitrogens with two attached hydrogens (primary N) is 1. The predicted octanol–water partition coefficient (Wildman–Crippen LogP) is 1.64. The molecule has 0 saturated carbocycles. The highest BCUT2D eigenvalue weighted by Crippen LogP contribution is 2.24. The molecule has 3 nitrogen and oxygen atoms in total. The third kappa shape index (κ3) is 2.43. The van der Waals surface area contributed by atoms with Gasteiger partial charge in [-0.15, -0.1) is 0 Å². The quantitative estimate of drug-likeness (QED) is 0.833. The third-order valence-electron chi connectivity index (χ3n) is 2.61. The van der Waals surface area contributed by atoms with Gasteiger partial charge in [0.25, 0.3) is 0 Å². The molecule has 82 valence electrons. The van der Waals surface area contributed by atoms with E-state index in [1.807, 2.05) is 18.2 Å². The van der Waals surface area contributed by atoms with Gasteiger partial charge in [0, 0.05) is 30.3 Å². The maximum atomic E-state index is 5.94. The summed E-state index contributed by atoms with van der Waals surface area (Å²) in [5.74, 6) is 0. The fraction of sp³-hybridized carbons (Fsp3) is 0.455. The fourth-order valence-electron chi connectivity index (χ4n) is 1.83. The number of hydrogen-bond acceptors (Lipinski definition) is 3. The first-order chi connectivity index (χ1) is 7.31. The van der Waals surface area contributed by atoms with E-state index < -0.39 is 0 Å². The molecular formula is C11H15ClN2O. The number of nitrogens with zero attached hydrogens (tertiary/aromatic N) is 1. The minimum Gasteiger partial charge on any atom is -0.378 e. The van der Waals surface area contributed by atoms with Gasteiger partial charge in [-0.2, -0.15) is 0 Å². The molecule has 0 spiro atoms. The predicted molar refractivity (Wildman–Crippen MR) is 62.4 cm³/mol. The van der Waals surface area contributed by atoms with E-state index in [-0.39, 0.29) is 0 Å². The van der Waals surface area contributed by atoms with Crippen molar-refractivity contribution in [2.75, 3.05) is 31.2 Å². The van der Waals surface area contributed by atoms with Crippen molar-refractivity contribution < 1.29 is 4.74 Å². The highest BCUT2D eigenvalue weighted by molar-refractivity contribution is 6.30. The monoisotopic (exact) mass is 226 g/mol. The first-order valence-corrected chi connectivity index (χ1v) is 5.50. The van der Waals surface area contributed by atoms with Crippen LogP contribution in [0.3, 0.4) is 0 Å². The van der Waals surface area contributed by atoms with Gasteiger partial charge in [0.15, 0.2) is 0 Å². The number of halogens is 1. The van der Waals surface area contributed by atoms with E-state index in [4.69, 9.17) is 22.1 Å². The summed E-state index contributed by atoms with van der Waals surface area (Å²) in [7, 11) is 0. The molecule has 15 heavy (non-hydrogen) atoms. The Balaban J connectivity index is 2.25. The van der Waals surface area contributed by atoms with Crippen LogP contribution < -0.4 is 10.6 Å². The molecule has 0 amide bonds. The molecule has 1 saturated heterocycles. The lowest BCUT2D eigenvalue weighted by molar-refractivity contribution is 0.122. The number of ether oxygens (including phenoxy) is 1. The number of rotatable bonds is 2. The Morgan fingerprint density at radius 2 is 2.07 bits per heavy atom. The number of morpholine rings is 1. The normalized spacial score (nSPS) is 16.8. The molecule has 0 atom stereocenters. The molecule has 1 aliphatic rings. The molecule has 0 radical (unpaired) electrons. The van der Waals surface area contributed by atoms with Crippen molar-refractivity contribution in [3.05, 3.63) is 28.8 Å². The molecule has 1 heterocycles. The van der Waals surface area contributed by atoms with Crippen LogP contribution in [0.15, 0.2) is 18.2 Å². The average molecular weight is 227 g/mol. The molecule has 0 aromatic heterocycles. The van der Waals surface area contributed by atoms with Gasteiger partial charge in [0.05, 0.1) is 13.2 Å². The van der Waals surface area contributed by atoms with E-state index in [2.05, 4.69) is 4.90 Å². The molecule has 0 aliphatic carbocycles. The van der Waals surface area contributed by atoms with Crippen molar-refractivity contribution in [2.24, 2.45) is 5.73 Å². The molecule has 1 aliphatic heterocycles. The van der Waals surface area contributed by atoms with Crippen molar-refractivity contribution in [3.63, 3.8) is 0 Å². The second kappa shape index (κ2) is 4.84. The Hall–Kier alpha value is -0.770. The zero-order valence-corrected chi connectivity index (χ0v) is 9.33. The van der Waals surface area contributed by atoms with Gasteiger partial charge in [-0.25, -0.2) is 0 Å². The van der Waals surface area contributed by atoms with Crippen molar-refractivity contribution >= 4 is 17.3 Å². The van der Waals surface area contributed by atoms with Crippen LogP contribution in [0.2, 0.25) is 5.02 Å². The summed E-state index contributed by atoms with van der Waals surface area (Å²) in [5, 5.41) is 0.743. The zero-order chi connectivity index (χ0) is 10.7. The molecule has 1 aromatic carbocycles. The lowest BCUT2D eigenvalue weighted by Gasteiger charge is -2.30. The first kappa shape index (κ1) is 10.7. The van der Waals surface area contributed by atoms with E-state index in [9.17, 15) is 0 Å². The Morgan fingerprint density at radius 3 is 2.73 bits per heavy atom. The van der Waals surface area contributed by atoms with Crippen LogP contribution in [0.5, 0.6) is 0 Å². The summed E-state index contributed by atoms with van der Waals surface area (Å²) in [6, 6.07) is 5.88. The van der Waals surface area contributed by atoms with Crippen molar-refractivity contribution in [2.45, 2.75) is 6.54 Å². The smallest absolute Gasteiger partial charge is 0.0642 e. The van der Waals surface area contributed by atoms with Crippen LogP contribution in [0.4, 0.5) is 5.69 Å². The summed E-state index contributed by atoms with van der Waals surface area (Å²) in [6.45, 7) is 3.94. The van der Waals surface area contributed by atoms with Crippen molar-refractivity contribution in [3.8, 4) is 0 Å². The molecule has 1 fully saturated rings. The molecule has 0 bridgehead atoms.